The highest BCUT2D eigenvalue weighted by atomic mass is 127. The van der Waals surface area contributed by atoms with Gasteiger partial charge in [0, 0.05) is 19.2 Å². The van der Waals surface area contributed by atoms with Gasteiger partial charge in [-0.15, -0.1) is 24.0 Å². The van der Waals surface area contributed by atoms with Crippen LogP contribution >= 0.6 is 24.0 Å². The maximum absolute atomic E-state index is 13.0. The van der Waals surface area contributed by atoms with Crippen molar-refractivity contribution in [2.45, 2.75) is 25.9 Å². The highest BCUT2D eigenvalue weighted by Crippen LogP contribution is 2.26. The Balaban J connectivity index is 0.00000341. The third-order valence-electron chi connectivity index (χ3n) is 4.57. The number of nitrogens with zero attached hydrogens (tertiary/aromatic N) is 1. The molecule has 7 nitrogen and oxygen atoms in total. The first-order valence-corrected chi connectivity index (χ1v) is 9.96. The molecule has 0 saturated carbocycles. The fraction of sp³-hybridized carbons (Fsp3) is 0.364. The summed E-state index contributed by atoms with van der Waals surface area (Å²) >= 11 is 0. The largest absolute Gasteiger partial charge is 0.492 e. The Labute approximate surface area is 198 Å². The summed E-state index contributed by atoms with van der Waals surface area (Å²) in [6.45, 7) is 3.49. The van der Waals surface area contributed by atoms with Gasteiger partial charge in [-0.2, -0.15) is 0 Å². The third-order valence-corrected chi connectivity index (χ3v) is 4.57. The Morgan fingerprint density at radius 1 is 1.16 bits per heavy atom. The highest BCUT2D eigenvalue weighted by Gasteiger charge is 2.15. The number of amides is 1. The number of carbonyl (C=O) groups excluding carboxylic acids is 1. The molecule has 2 aromatic carbocycles. The Bertz CT molecular complexity index is 893. The molecule has 0 spiro atoms. The second-order valence-corrected chi connectivity index (χ2v) is 6.98. The van der Waals surface area contributed by atoms with Gasteiger partial charge in [-0.3, -0.25) is 9.79 Å². The van der Waals surface area contributed by atoms with E-state index < -0.39 is 0 Å². The molecule has 1 unspecified atom stereocenters. The van der Waals surface area contributed by atoms with Gasteiger partial charge in [0.2, 0.25) is 5.91 Å². The number of nitrogens with one attached hydrogen (secondary N) is 3. The number of hydrogen-bond acceptors (Lipinski definition) is 4. The van der Waals surface area contributed by atoms with Gasteiger partial charge in [-0.05, 0) is 61.4 Å². The highest BCUT2D eigenvalue weighted by molar-refractivity contribution is 14.0. The molecule has 1 aliphatic rings. The molecule has 1 atom stereocenters. The van der Waals surface area contributed by atoms with Gasteiger partial charge in [-0.25, -0.2) is 4.39 Å². The van der Waals surface area contributed by atoms with E-state index in [9.17, 15) is 9.18 Å². The number of carbonyl (C=O) groups is 1. The quantitative estimate of drug-likeness (QED) is 0.206. The van der Waals surface area contributed by atoms with Crippen molar-refractivity contribution in [3.05, 3.63) is 53.8 Å². The van der Waals surface area contributed by atoms with Crippen molar-refractivity contribution < 1.29 is 18.7 Å². The molecule has 1 aliphatic heterocycles. The van der Waals surface area contributed by atoms with Crippen LogP contribution in [0.1, 0.15) is 18.9 Å². The lowest BCUT2D eigenvalue weighted by Crippen LogP contribution is -2.43. The molecule has 0 saturated heterocycles. The zero-order chi connectivity index (χ0) is 21.3. The van der Waals surface area contributed by atoms with Crippen molar-refractivity contribution >= 4 is 41.5 Å². The summed E-state index contributed by atoms with van der Waals surface area (Å²) in [5.74, 6) is 1.79. The van der Waals surface area contributed by atoms with Gasteiger partial charge in [-0.1, -0.05) is 0 Å². The minimum absolute atomic E-state index is 0. The molecule has 0 fully saturated rings. The van der Waals surface area contributed by atoms with Crippen LogP contribution in [0.5, 0.6) is 11.5 Å². The van der Waals surface area contributed by atoms with Gasteiger partial charge >= 0.3 is 0 Å². The summed E-state index contributed by atoms with van der Waals surface area (Å²) in [6.07, 6.45) is 1.11. The summed E-state index contributed by atoms with van der Waals surface area (Å²) < 4.78 is 24.5. The average molecular weight is 542 g/mol. The molecular formula is C22H28FIN4O3. The lowest BCUT2D eigenvalue weighted by Gasteiger charge is -2.19. The summed E-state index contributed by atoms with van der Waals surface area (Å²) in [5, 5.41) is 9.23. The van der Waals surface area contributed by atoms with Crippen molar-refractivity contribution in [2.24, 2.45) is 4.99 Å². The Morgan fingerprint density at radius 2 is 1.90 bits per heavy atom. The van der Waals surface area contributed by atoms with Crippen molar-refractivity contribution in [1.29, 1.82) is 0 Å². The van der Waals surface area contributed by atoms with E-state index in [1.807, 2.05) is 25.1 Å². The fourth-order valence-corrected chi connectivity index (χ4v) is 3.04. The van der Waals surface area contributed by atoms with Gasteiger partial charge < -0.3 is 25.4 Å². The number of ether oxygens (including phenoxy) is 2. The Hall–Kier alpha value is -2.56. The number of guanidine groups is 1. The van der Waals surface area contributed by atoms with E-state index in [0.29, 0.717) is 37.8 Å². The van der Waals surface area contributed by atoms with Crippen molar-refractivity contribution in [3.8, 4) is 11.5 Å². The molecule has 0 radical (unpaired) electrons. The molecule has 9 heteroatoms. The SMILES string of the molecule is CN=C(NCCOc1ccc2c(c1)CCC(=O)N2)NCC(C)Oc1ccc(F)cc1.I. The van der Waals surface area contributed by atoms with E-state index in [1.54, 1.807) is 19.2 Å². The smallest absolute Gasteiger partial charge is 0.224 e. The van der Waals surface area contributed by atoms with Crippen LogP contribution in [0.15, 0.2) is 47.5 Å². The lowest BCUT2D eigenvalue weighted by molar-refractivity contribution is -0.116. The standard InChI is InChI=1S/C22H27FN4O3.HI/c1-15(30-18-6-4-17(23)5-7-18)14-26-22(24-2)25-11-12-29-19-8-9-20-16(13-19)3-10-21(28)27-20;/h4-9,13,15H,3,10-12,14H2,1-2H3,(H,27,28)(H2,24,25,26);1H. The number of aliphatic imine (C=N–C) groups is 1. The van der Waals surface area contributed by atoms with Crippen LogP contribution in [0.25, 0.3) is 0 Å². The average Bonchev–Trinajstić information content (AvgIpc) is 2.75. The van der Waals surface area contributed by atoms with E-state index in [-0.39, 0.29) is 41.8 Å². The minimum atomic E-state index is -0.290. The summed E-state index contributed by atoms with van der Waals surface area (Å²) in [5.41, 5.74) is 1.95. The van der Waals surface area contributed by atoms with E-state index >= 15 is 0 Å². The van der Waals surface area contributed by atoms with E-state index in [0.717, 1.165) is 23.4 Å². The minimum Gasteiger partial charge on any atom is -0.492 e. The number of aryl methyl sites for hydroxylation is 1. The summed E-state index contributed by atoms with van der Waals surface area (Å²) in [7, 11) is 1.69. The normalized spacial score (nSPS) is 13.9. The first-order valence-electron chi connectivity index (χ1n) is 9.96. The Kier molecular flexibility index (Phi) is 9.83. The molecule has 168 valence electrons. The lowest BCUT2D eigenvalue weighted by atomic mass is 10.0. The van der Waals surface area contributed by atoms with Gasteiger partial charge in [0.05, 0.1) is 13.1 Å². The molecule has 0 aliphatic carbocycles. The number of fused-ring (bicyclic) bond motifs is 1. The predicted molar refractivity (Wildman–Crippen MR) is 130 cm³/mol. The van der Waals surface area contributed by atoms with E-state index in [2.05, 4.69) is 20.9 Å². The molecule has 1 heterocycles. The van der Waals surface area contributed by atoms with Crippen LogP contribution in [0.3, 0.4) is 0 Å². The number of anilines is 1. The second kappa shape index (κ2) is 12.3. The number of benzene rings is 2. The van der Waals surface area contributed by atoms with Gasteiger partial charge in [0.1, 0.15) is 30.0 Å². The topological polar surface area (TPSA) is 84.0 Å². The maximum Gasteiger partial charge on any atom is 0.224 e. The van der Waals surface area contributed by atoms with Crippen LogP contribution < -0.4 is 25.4 Å². The zero-order valence-electron chi connectivity index (χ0n) is 17.6. The second-order valence-electron chi connectivity index (χ2n) is 6.98. The van der Waals surface area contributed by atoms with Gasteiger partial charge in [0.15, 0.2) is 5.96 Å². The molecule has 2 aromatic rings. The molecule has 31 heavy (non-hydrogen) atoms. The van der Waals surface area contributed by atoms with Crippen LogP contribution in [0.2, 0.25) is 0 Å². The zero-order valence-corrected chi connectivity index (χ0v) is 19.9. The molecule has 3 N–H and O–H groups in total. The molecule has 3 rings (SSSR count). The van der Waals surface area contributed by atoms with Crippen molar-refractivity contribution in [3.63, 3.8) is 0 Å². The predicted octanol–water partition coefficient (Wildman–Crippen LogP) is 3.34. The number of hydrogen-bond donors (Lipinski definition) is 3. The van der Waals surface area contributed by atoms with E-state index in [4.69, 9.17) is 9.47 Å². The number of halogens is 2. The molecular weight excluding hydrogens is 514 g/mol. The van der Waals surface area contributed by atoms with Crippen LogP contribution in [0.4, 0.5) is 10.1 Å². The first-order chi connectivity index (χ1) is 14.5. The summed E-state index contributed by atoms with van der Waals surface area (Å²) in [4.78, 5) is 15.6. The molecule has 1 amide bonds. The van der Waals surface area contributed by atoms with Gasteiger partial charge in [0.25, 0.3) is 0 Å². The fourth-order valence-electron chi connectivity index (χ4n) is 3.04. The maximum atomic E-state index is 13.0. The summed E-state index contributed by atoms with van der Waals surface area (Å²) in [6, 6.07) is 11.6. The molecule has 0 aromatic heterocycles. The van der Waals surface area contributed by atoms with Crippen molar-refractivity contribution in [2.75, 3.05) is 32.1 Å². The van der Waals surface area contributed by atoms with E-state index in [1.165, 1.54) is 12.1 Å². The third kappa shape index (κ3) is 7.89. The molecule has 0 bridgehead atoms. The van der Waals surface area contributed by atoms with Crippen LogP contribution in [-0.2, 0) is 11.2 Å². The van der Waals surface area contributed by atoms with Crippen LogP contribution in [-0.4, -0.2) is 44.7 Å². The Morgan fingerprint density at radius 3 is 2.65 bits per heavy atom. The van der Waals surface area contributed by atoms with Crippen LogP contribution in [0, 0.1) is 5.82 Å². The first kappa shape index (κ1) is 24.7. The van der Waals surface area contributed by atoms with Crippen molar-refractivity contribution in [1.82, 2.24) is 10.6 Å². The monoisotopic (exact) mass is 542 g/mol. The number of rotatable bonds is 8.